The first-order valence-electron chi connectivity index (χ1n) is 9.19. The topological polar surface area (TPSA) is 46.2 Å². The molecule has 2 nitrogen and oxygen atoms in total. The van der Waals surface area contributed by atoms with Gasteiger partial charge in [0.05, 0.1) is 6.10 Å². The van der Waals surface area contributed by atoms with Crippen molar-refractivity contribution in [2.45, 2.75) is 109 Å². The second-order valence-corrected chi connectivity index (χ2v) is 6.26. The van der Waals surface area contributed by atoms with Gasteiger partial charge in [0, 0.05) is 0 Å². The summed E-state index contributed by atoms with van der Waals surface area (Å²) in [5.74, 6) is 0. The van der Waals surface area contributed by atoms with Gasteiger partial charge in [-0.1, -0.05) is 84.0 Å². The first kappa shape index (κ1) is 19.9. The predicted molar refractivity (Wildman–Crippen MR) is 90.0 cm³/mol. The average Bonchev–Trinajstić information content (AvgIpc) is 2.45. The molecule has 0 bridgehead atoms. The Kier molecular flexibility index (Phi) is 16.9. The molecule has 20 heavy (non-hydrogen) atoms. The van der Waals surface area contributed by atoms with Gasteiger partial charge in [-0.3, -0.25) is 0 Å². The second kappa shape index (κ2) is 17.0. The maximum atomic E-state index is 9.86. The average molecular weight is 286 g/mol. The summed E-state index contributed by atoms with van der Waals surface area (Å²) < 4.78 is 0. The third kappa shape index (κ3) is 16.0. The Bertz CT molecular complexity index is 173. The first-order valence-corrected chi connectivity index (χ1v) is 9.19. The summed E-state index contributed by atoms with van der Waals surface area (Å²) in [6.45, 7) is 3.08. The molecule has 1 atom stereocenters. The normalized spacial score (nSPS) is 12.8. The van der Waals surface area contributed by atoms with Gasteiger partial charge in [-0.15, -0.1) is 0 Å². The molecule has 0 unspecified atom stereocenters. The van der Waals surface area contributed by atoms with Gasteiger partial charge in [-0.2, -0.15) is 0 Å². The van der Waals surface area contributed by atoms with E-state index in [-0.39, 0.29) is 6.10 Å². The van der Waals surface area contributed by atoms with E-state index >= 15 is 0 Å². The zero-order valence-electron chi connectivity index (χ0n) is 13.9. The lowest BCUT2D eigenvalue weighted by atomic mass is 10.0. The molecule has 0 spiro atoms. The van der Waals surface area contributed by atoms with E-state index in [9.17, 15) is 5.11 Å². The number of unbranched alkanes of at least 4 members (excludes halogenated alkanes) is 11. The quantitative estimate of drug-likeness (QED) is 0.384. The summed E-state index contributed by atoms with van der Waals surface area (Å²) in [4.78, 5) is 0. The van der Waals surface area contributed by atoms with Crippen molar-refractivity contribution in [1.82, 2.24) is 0 Å². The van der Waals surface area contributed by atoms with Crippen LogP contribution in [0.5, 0.6) is 0 Å². The first-order chi connectivity index (χ1) is 9.81. The van der Waals surface area contributed by atoms with Crippen LogP contribution in [0.15, 0.2) is 0 Å². The molecule has 0 radical (unpaired) electrons. The van der Waals surface area contributed by atoms with Gasteiger partial charge in [-0.05, 0) is 25.8 Å². The smallest absolute Gasteiger partial charge is 0.0540 e. The summed E-state index contributed by atoms with van der Waals surface area (Å²) in [7, 11) is 0. The molecule has 0 aromatic rings. The van der Waals surface area contributed by atoms with Crippen LogP contribution < -0.4 is 5.73 Å². The summed E-state index contributed by atoms with van der Waals surface area (Å²) in [5, 5.41) is 9.86. The monoisotopic (exact) mass is 285 g/mol. The van der Waals surface area contributed by atoms with Crippen LogP contribution in [-0.2, 0) is 0 Å². The van der Waals surface area contributed by atoms with Crippen LogP contribution in [0.2, 0.25) is 0 Å². The molecule has 0 saturated carbocycles. The van der Waals surface area contributed by atoms with E-state index < -0.39 is 0 Å². The Morgan fingerprint density at radius 3 is 1.50 bits per heavy atom. The van der Waals surface area contributed by atoms with Crippen LogP contribution in [0.4, 0.5) is 0 Å². The van der Waals surface area contributed by atoms with Gasteiger partial charge in [0.2, 0.25) is 0 Å². The number of hydrogen-bond donors (Lipinski definition) is 2. The number of aliphatic hydroxyl groups excluding tert-OH is 1. The Morgan fingerprint density at radius 1 is 0.650 bits per heavy atom. The van der Waals surface area contributed by atoms with Crippen LogP contribution in [0.25, 0.3) is 0 Å². The van der Waals surface area contributed by atoms with Gasteiger partial charge in [0.25, 0.3) is 0 Å². The summed E-state index contributed by atoms with van der Waals surface area (Å²) in [6, 6.07) is 0. The highest BCUT2D eigenvalue weighted by molar-refractivity contribution is 4.57. The lowest BCUT2D eigenvalue weighted by Gasteiger charge is -2.10. The van der Waals surface area contributed by atoms with E-state index in [4.69, 9.17) is 5.73 Å². The van der Waals surface area contributed by atoms with Gasteiger partial charge < -0.3 is 10.8 Å². The predicted octanol–water partition coefficient (Wildman–Crippen LogP) is 5.18. The minimum atomic E-state index is -0.0388. The van der Waals surface area contributed by atoms with Gasteiger partial charge in [-0.25, -0.2) is 0 Å². The van der Waals surface area contributed by atoms with Crippen molar-refractivity contribution in [3.63, 3.8) is 0 Å². The van der Waals surface area contributed by atoms with Gasteiger partial charge in [0.1, 0.15) is 0 Å². The van der Waals surface area contributed by atoms with Crippen molar-refractivity contribution in [2.75, 3.05) is 6.54 Å². The van der Waals surface area contributed by atoms with E-state index in [1.165, 1.54) is 83.5 Å². The molecule has 122 valence electrons. The molecular formula is C18H39NO. The molecule has 0 aromatic carbocycles. The molecule has 0 heterocycles. The van der Waals surface area contributed by atoms with Gasteiger partial charge >= 0.3 is 0 Å². The lowest BCUT2D eigenvalue weighted by molar-refractivity contribution is 0.147. The molecule has 0 amide bonds. The van der Waals surface area contributed by atoms with E-state index in [2.05, 4.69) is 6.92 Å². The summed E-state index contributed by atoms with van der Waals surface area (Å²) in [6.07, 6.45) is 18.9. The Hall–Kier alpha value is -0.0800. The summed E-state index contributed by atoms with van der Waals surface area (Å²) in [5.41, 5.74) is 5.47. The van der Waals surface area contributed by atoms with E-state index in [1.54, 1.807) is 0 Å². The molecule has 2 heteroatoms. The molecule has 0 aliphatic rings. The molecule has 3 N–H and O–H groups in total. The second-order valence-electron chi connectivity index (χ2n) is 6.26. The maximum absolute atomic E-state index is 9.86. The van der Waals surface area contributed by atoms with Crippen LogP contribution in [0.3, 0.4) is 0 Å². The largest absolute Gasteiger partial charge is 0.393 e. The highest BCUT2D eigenvalue weighted by Crippen LogP contribution is 2.14. The van der Waals surface area contributed by atoms with Crippen molar-refractivity contribution < 1.29 is 5.11 Å². The SMILES string of the molecule is CCCCCC[C@@H](O)CCCCCCCCCCCN. The fraction of sp³-hybridized carbons (Fsp3) is 1.00. The molecule has 0 rings (SSSR count). The van der Waals surface area contributed by atoms with Crippen molar-refractivity contribution in [3.05, 3.63) is 0 Å². The zero-order valence-corrected chi connectivity index (χ0v) is 13.9. The minimum Gasteiger partial charge on any atom is -0.393 e. The lowest BCUT2D eigenvalue weighted by Crippen LogP contribution is -2.05. The van der Waals surface area contributed by atoms with Crippen molar-refractivity contribution in [3.8, 4) is 0 Å². The standard InChI is InChI=1S/C18H39NO/c1-2-3-4-12-15-18(20)16-13-10-8-6-5-7-9-11-14-17-19/h18,20H,2-17,19H2,1H3/t18-/m1/s1. The van der Waals surface area contributed by atoms with Crippen molar-refractivity contribution in [2.24, 2.45) is 5.73 Å². The molecule has 0 aromatic heterocycles. The Balaban J connectivity index is 3.07. The van der Waals surface area contributed by atoms with E-state index in [1.807, 2.05) is 0 Å². The summed E-state index contributed by atoms with van der Waals surface area (Å²) >= 11 is 0. The fourth-order valence-corrected chi connectivity index (χ4v) is 2.71. The molecular weight excluding hydrogens is 246 g/mol. The third-order valence-corrected chi connectivity index (χ3v) is 4.13. The van der Waals surface area contributed by atoms with Crippen LogP contribution in [0, 0.1) is 0 Å². The highest BCUT2D eigenvalue weighted by Gasteiger charge is 2.03. The highest BCUT2D eigenvalue weighted by atomic mass is 16.3. The maximum Gasteiger partial charge on any atom is 0.0540 e. The van der Waals surface area contributed by atoms with E-state index in [0.29, 0.717) is 0 Å². The molecule has 0 saturated heterocycles. The molecule has 0 aliphatic heterocycles. The number of rotatable bonds is 16. The van der Waals surface area contributed by atoms with Crippen LogP contribution in [-0.4, -0.2) is 17.8 Å². The van der Waals surface area contributed by atoms with Crippen molar-refractivity contribution in [1.29, 1.82) is 0 Å². The van der Waals surface area contributed by atoms with Crippen LogP contribution >= 0.6 is 0 Å². The van der Waals surface area contributed by atoms with Crippen LogP contribution in [0.1, 0.15) is 103 Å². The third-order valence-electron chi connectivity index (χ3n) is 4.13. The Labute approximate surface area is 127 Å². The zero-order chi connectivity index (χ0) is 14.9. The number of nitrogens with two attached hydrogens (primary N) is 1. The Morgan fingerprint density at radius 2 is 1.05 bits per heavy atom. The molecule has 0 aliphatic carbocycles. The number of hydrogen-bond acceptors (Lipinski definition) is 2. The fourth-order valence-electron chi connectivity index (χ4n) is 2.71. The molecule has 0 fully saturated rings. The minimum absolute atomic E-state index is 0.0388. The van der Waals surface area contributed by atoms with E-state index in [0.717, 1.165) is 19.4 Å². The number of aliphatic hydroxyl groups is 1. The van der Waals surface area contributed by atoms with Gasteiger partial charge in [0.15, 0.2) is 0 Å². The van der Waals surface area contributed by atoms with Crippen molar-refractivity contribution >= 4 is 0 Å².